The Hall–Kier alpha value is -1.97. The third-order valence-electron chi connectivity index (χ3n) is 4.50. The first-order chi connectivity index (χ1) is 12.0. The van der Waals surface area contributed by atoms with E-state index in [2.05, 4.69) is 49.4 Å². The minimum atomic E-state index is 0. The summed E-state index contributed by atoms with van der Waals surface area (Å²) in [6.45, 7) is 9.78. The lowest BCUT2D eigenvalue weighted by Crippen LogP contribution is -2.05. The molecule has 2 aromatic heterocycles. The zero-order valence-electron chi connectivity index (χ0n) is 15.5. The van der Waals surface area contributed by atoms with Gasteiger partial charge in [-0.15, -0.1) is 12.4 Å². The molecule has 0 radical (unpaired) electrons. The van der Waals surface area contributed by atoms with Gasteiger partial charge in [-0.1, -0.05) is 35.4 Å². The third kappa shape index (κ3) is 4.05. The molecule has 0 unspecified atom stereocenters. The summed E-state index contributed by atoms with van der Waals surface area (Å²) in [5.74, 6) is 0.679. The van der Waals surface area contributed by atoms with Crippen molar-refractivity contribution in [1.29, 1.82) is 0 Å². The predicted molar refractivity (Wildman–Crippen MR) is 112 cm³/mol. The molecule has 0 aliphatic heterocycles. The van der Waals surface area contributed by atoms with E-state index in [1.807, 2.05) is 30.5 Å². The largest absolute Gasteiger partial charge is 0.486 e. The van der Waals surface area contributed by atoms with Crippen molar-refractivity contribution in [2.75, 3.05) is 0 Å². The fourth-order valence-corrected chi connectivity index (χ4v) is 3.17. The van der Waals surface area contributed by atoms with Gasteiger partial charge in [-0.25, -0.2) is 0 Å². The molecule has 0 spiro atoms. The van der Waals surface area contributed by atoms with E-state index in [1.165, 1.54) is 22.2 Å². The van der Waals surface area contributed by atoms with Gasteiger partial charge in [0.25, 0.3) is 0 Å². The van der Waals surface area contributed by atoms with Crippen molar-refractivity contribution in [3.63, 3.8) is 0 Å². The molecule has 0 saturated carbocycles. The third-order valence-corrected chi connectivity index (χ3v) is 4.82. The van der Waals surface area contributed by atoms with Crippen LogP contribution in [0.3, 0.4) is 0 Å². The molecular weight excluding hydrogens is 367 g/mol. The summed E-state index contributed by atoms with van der Waals surface area (Å²) >= 11 is 6.20. The lowest BCUT2D eigenvalue weighted by Gasteiger charge is -2.11. The number of aromatic nitrogens is 2. The van der Waals surface area contributed by atoms with Gasteiger partial charge in [-0.3, -0.25) is 4.98 Å². The van der Waals surface area contributed by atoms with Crippen molar-refractivity contribution in [2.45, 2.75) is 40.8 Å². The van der Waals surface area contributed by atoms with Gasteiger partial charge >= 0.3 is 0 Å². The maximum Gasteiger partial charge on any atom is 0.138 e. The molecule has 5 heteroatoms. The molecule has 3 aromatic rings. The van der Waals surface area contributed by atoms with Crippen molar-refractivity contribution in [2.24, 2.45) is 0 Å². The normalized spacial score (nSPS) is 10.5. The van der Waals surface area contributed by atoms with E-state index in [1.54, 1.807) is 0 Å². The van der Waals surface area contributed by atoms with Gasteiger partial charge in [0, 0.05) is 23.8 Å². The van der Waals surface area contributed by atoms with Gasteiger partial charge < -0.3 is 9.30 Å². The van der Waals surface area contributed by atoms with Crippen molar-refractivity contribution in [3.05, 3.63) is 70.2 Å². The molecule has 3 rings (SSSR count). The van der Waals surface area contributed by atoms with Crippen LogP contribution in [-0.4, -0.2) is 9.55 Å². The first-order valence-corrected chi connectivity index (χ1v) is 8.80. The summed E-state index contributed by atoms with van der Waals surface area (Å²) in [5.41, 5.74) is 5.92. The lowest BCUT2D eigenvalue weighted by atomic mass is 10.2. The number of benzene rings is 1. The molecule has 0 atom stereocenters. The van der Waals surface area contributed by atoms with Gasteiger partial charge in [-0.2, -0.15) is 0 Å². The van der Waals surface area contributed by atoms with E-state index < -0.39 is 0 Å². The maximum absolute atomic E-state index is 6.20. The number of halogens is 2. The fourth-order valence-electron chi connectivity index (χ4n) is 2.98. The Labute approximate surface area is 166 Å². The van der Waals surface area contributed by atoms with E-state index in [4.69, 9.17) is 16.3 Å². The molecule has 0 amide bonds. The SMILES string of the molecule is CC(C)=CCn1c(C)c(C)c2ccnc(COc3ccccc3Cl)c21.Cl. The number of ether oxygens (including phenoxy) is 1. The van der Waals surface area contributed by atoms with Gasteiger partial charge in [0.15, 0.2) is 0 Å². The summed E-state index contributed by atoms with van der Waals surface area (Å²) < 4.78 is 8.25. The molecule has 0 aliphatic rings. The highest BCUT2D eigenvalue weighted by Gasteiger charge is 2.15. The summed E-state index contributed by atoms with van der Waals surface area (Å²) in [5, 5.41) is 1.84. The van der Waals surface area contributed by atoms with Crippen molar-refractivity contribution in [3.8, 4) is 5.75 Å². The number of para-hydroxylation sites is 1. The van der Waals surface area contributed by atoms with Crippen molar-refractivity contribution in [1.82, 2.24) is 9.55 Å². The number of allylic oxidation sites excluding steroid dienone is 2. The zero-order chi connectivity index (χ0) is 18.0. The fraction of sp³-hybridized carbons (Fsp3) is 0.286. The summed E-state index contributed by atoms with van der Waals surface area (Å²) in [7, 11) is 0. The Kier molecular flexibility index (Phi) is 6.74. The molecular formula is C21H24Cl2N2O. The van der Waals surface area contributed by atoms with Crippen LogP contribution < -0.4 is 4.74 Å². The average Bonchev–Trinajstić information content (AvgIpc) is 2.84. The van der Waals surface area contributed by atoms with Crippen LogP contribution in [0.2, 0.25) is 5.02 Å². The summed E-state index contributed by atoms with van der Waals surface area (Å²) in [6, 6.07) is 9.60. The molecule has 0 aliphatic carbocycles. The van der Waals surface area contributed by atoms with Crippen LogP contribution in [0, 0.1) is 13.8 Å². The molecule has 0 bridgehead atoms. The second-order valence-electron chi connectivity index (χ2n) is 6.48. The molecule has 0 N–H and O–H groups in total. The summed E-state index contributed by atoms with van der Waals surface area (Å²) in [4.78, 5) is 4.58. The van der Waals surface area contributed by atoms with E-state index in [9.17, 15) is 0 Å². The van der Waals surface area contributed by atoms with E-state index in [0.717, 1.165) is 17.8 Å². The van der Waals surface area contributed by atoms with Gasteiger partial charge in [-0.05, 0) is 51.5 Å². The number of hydrogen-bond donors (Lipinski definition) is 0. The highest BCUT2D eigenvalue weighted by atomic mass is 35.5. The highest BCUT2D eigenvalue weighted by Crippen LogP contribution is 2.29. The Morgan fingerprint density at radius 3 is 2.62 bits per heavy atom. The zero-order valence-corrected chi connectivity index (χ0v) is 17.1. The minimum absolute atomic E-state index is 0. The number of nitrogens with zero attached hydrogens (tertiary/aromatic N) is 2. The van der Waals surface area contributed by atoms with E-state index in [0.29, 0.717) is 17.4 Å². The van der Waals surface area contributed by atoms with E-state index in [-0.39, 0.29) is 12.4 Å². The molecule has 0 saturated heterocycles. The lowest BCUT2D eigenvalue weighted by molar-refractivity contribution is 0.302. The van der Waals surface area contributed by atoms with Crippen LogP contribution in [0.25, 0.3) is 10.9 Å². The Morgan fingerprint density at radius 1 is 1.19 bits per heavy atom. The quantitative estimate of drug-likeness (QED) is 0.479. The summed E-state index contributed by atoms with van der Waals surface area (Å²) in [6.07, 6.45) is 4.09. The Morgan fingerprint density at radius 2 is 1.92 bits per heavy atom. The minimum Gasteiger partial charge on any atom is -0.486 e. The second kappa shape index (κ2) is 8.61. The van der Waals surface area contributed by atoms with Crippen LogP contribution in [0.15, 0.2) is 48.2 Å². The maximum atomic E-state index is 6.20. The molecule has 138 valence electrons. The van der Waals surface area contributed by atoms with Gasteiger partial charge in [0.05, 0.1) is 10.5 Å². The van der Waals surface area contributed by atoms with E-state index >= 15 is 0 Å². The van der Waals surface area contributed by atoms with Crippen LogP contribution in [0.4, 0.5) is 0 Å². The number of fused-ring (bicyclic) bond motifs is 1. The number of pyridine rings is 1. The number of rotatable bonds is 5. The smallest absolute Gasteiger partial charge is 0.138 e. The first kappa shape index (κ1) is 20.3. The number of hydrogen-bond acceptors (Lipinski definition) is 2. The van der Waals surface area contributed by atoms with Crippen molar-refractivity contribution < 1.29 is 4.74 Å². The monoisotopic (exact) mass is 390 g/mol. The van der Waals surface area contributed by atoms with Crippen LogP contribution >= 0.6 is 24.0 Å². The molecule has 26 heavy (non-hydrogen) atoms. The average molecular weight is 391 g/mol. The predicted octanol–water partition coefficient (Wildman–Crippen LogP) is 6.27. The molecule has 2 heterocycles. The molecule has 1 aromatic carbocycles. The van der Waals surface area contributed by atoms with Gasteiger partial charge in [0.2, 0.25) is 0 Å². The highest BCUT2D eigenvalue weighted by molar-refractivity contribution is 6.32. The first-order valence-electron chi connectivity index (χ1n) is 8.43. The number of aryl methyl sites for hydroxylation is 1. The van der Waals surface area contributed by atoms with Crippen LogP contribution in [0.1, 0.15) is 30.8 Å². The Bertz CT molecular complexity index is 941. The van der Waals surface area contributed by atoms with Crippen molar-refractivity contribution >= 4 is 34.9 Å². The topological polar surface area (TPSA) is 27.1 Å². The van der Waals surface area contributed by atoms with Crippen LogP contribution in [0.5, 0.6) is 5.75 Å². The second-order valence-corrected chi connectivity index (χ2v) is 6.88. The van der Waals surface area contributed by atoms with Gasteiger partial charge in [0.1, 0.15) is 18.1 Å². The van der Waals surface area contributed by atoms with Crippen LogP contribution in [-0.2, 0) is 13.2 Å². The standard InChI is InChI=1S/C21H23ClN2O.ClH/c1-14(2)10-12-24-16(4)15(3)17-9-11-23-19(21(17)24)13-25-20-8-6-5-7-18(20)22;/h5-11H,12-13H2,1-4H3;1H. The Balaban J connectivity index is 0.00000243. The molecule has 3 nitrogen and oxygen atoms in total. The molecule has 0 fully saturated rings.